The van der Waals surface area contributed by atoms with E-state index in [1.807, 2.05) is 7.05 Å². The number of guanidine groups is 1. The second kappa shape index (κ2) is 11.5. The molecule has 0 bridgehead atoms. The van der Waals surface area contributed by atoms with Gasteiger partial charge in [-0.2, -0.15) is 0 Å². The minimum Gasteiger partial charge on any atom is -0.381 e. The number of fused-ring (bicyclic) bond motifs is 1. The first-order valence-corrected chi connectivity index (χ1v) is 10.8. The summed E-state index contributed by atoms with van der Waals surface area (Å²) in [4.78, 5) is 9.43. The van der Waals surface area contributed by atoms with E-state index in [1.165, 1.54) is 18.4 Å². The van der Waals surface area contributed by atoms with Crippen molar-refractivity contribution in [3.8, 4) is 0 Å². The van der Waals surface area contributed by atoms with Crippen LogP contribution in [-0.4, -0.2) is 81.0 Å². The minimum atomic E-state index is 0. The summed E-state index contributed by atoms with van der Waals surface area (Å²) in [5, 5.41) is 3.51. The fraction of sp³-hybridized carbons (Fsp3) is 0.682. The zero-order chi connectivity index (χ0) is 19.2. The molecule has 0 spiro atoms. The number of aliphatic imine (C=N–C) groups is 1. The van der Waals surface area contributed by atoms with Crippen molar-refractivity contribution in [2.24, 2.45) is 10.9 Å². The van der Waals surface area contributed by atoms with E-state index in [-0.39, 0.29) is 30.1 Å². The third-order valence-electron chi connectivity index (χ3n) is 5.96. The fourth-order valence-electron chi connectivity index (χ4n) is 4.19. The third-order valence-corrected chi connectivity index (χ3v) is 5.96. The van der Waals surface area contributed by atoms with Gasteiger partial charge in [-0.3, -0.25) is 9.89 Å². The summed E-state index contributed by atoms with van der Waals surface area (Å²) in [5.41, 5.74) is 1.37. The molecular formula is C22H35IN4O2. The number of ether oxygens (including phenoxy) is 2. The van der Waals surface area contributed by atoms with Gasteiger partial charge in [-0.05, 0) is 30.7 Å². The average molecular weight is 514 g/mol. The summed E-state index contributed by atoms with van der Waals surface area (Å²) in [6.07, 6.45) is 3.98. The normalized spacial score (nSPS) is 24.9. The highest BCUT2D eigenvalue weighted by Crippen LogP contribution is 2.28. The van der Waals surface area contributed by atoms with E-state index in [0.29, 0.717) is 6.04 Å². The quantitative estimate of drug-likeness (QED) is 0.250. The van der Waals surface area contributed by atoms with Crippen LogP contribution in [0.2, 0.25) is 0 Å². The second-order valence-corrected chi connectivity index (χ2v) is 8.18. The molecule has 6 nitrogen and oxygen atoms in total. The maximum absolute atomic E-state index is 6.09. The number of hydrogen-bond donors (Lipinski definition) is 1. The Morgan fingerprint density at radius 1 is 1.24 bits per heavy atom. The molecule has 4 rings (SSSR count). The van der Waals surface area contributed by atoms with Gasteiger partial charge in [0.05, 0.1) is 18.8 Å². The van der Waals surface area contributed by atoms with Gasteiger partial charge in [-0.1, -0.05) is 30.3 Å². The van der Waals surface area contributed by atoms with Gasteiger partial charge in [-0.15, -0.1) is 24.0 Å². The first-order chi connectivity index (χ1) is 13.8. The van der Waals surface area contributed by atoms with Crippen LogP contribution < -0.4 is 5.32 Å². The van der Waals surface area contributed by atoms with Crippen LogP contribution in [0.5, 0.6) is 0 Å². The predicted molar refractivity (Wildman–Crippen MR) is 127 cm³/mol. The van der Waals surface area contributed by atoms with E-state index < -0.39 is 0 Å². The highest BCUT2D eigenvalue weighted by Gasteiger charge is 2.41. The van der Waals surface area contributed by atoms with E-state index in [0.717, 1.165) is 70.8 Å². The monoisotopic (exact) mass is 514 g/mol. The maximum Gasteiger partial charge on any atom is 0.193 e. The van der Waals surface area contributed by atoms with Crippen LogP contribution in [0, 0.1) is 5.92 Å². The van der Waals surface area contributed by atoms with E-state index in [2.05, 4.69) is 50.4 Å². The lowest BCUT2D eigenvalue weighted by Gasteiger charge is -2.36. The molecule has 2 unspecified atom stereocenters. The lowest BCUT2D eigenvalue weighted by atomic mass is 10.1. The third kappa shape index (κ3) is 6.54. The van der Waals surface area contributed by atoms with Crippen molar-refractivity contribution in [2.45, 2.75) is 38.0 Å². The van der Waals surface area contributed by atoms with Crippen LogP contribution in [0.1, 0.15) is 24.8 Å². The summed E-state index contributed by atoms with van der Waals surface area (Å²) >= 11 is 0. The number of likely N-dealkylation sites (tertiary alicyclic amines) is 1. The standard InChI is InChI=1S/C22H34N4O2.HI/c1-23-22(24-10-5-12-27-17-19-8-9-19)26-15-20-21(16-26)28-13-11-25(20)14-18-6-3-2-4-7-18;/h2-4,6-7,19-21H,5,8-17H2,1H3,(H,23,24);1H. The summed E-state index contributed by atoms with van der Waals surface area (Å²) in [6.45, 7) is 7.35. The number of nitrogens with one attached hydrogen (secondary N) is 1. The summed E-state index contributed by atoms with van der Waals surface area (Å²) < 4.78 is 11.8. The number of hydrogen-bond acceptors (Lipinski definition) is 4. The van der Waals surface area contributed by atoms with E-state index in [4.69, 9.17) is 9.47 Å². The van der Waals surface area contributed by atoms with E-state index in [1.54, 1.807) is 0 Å². The van der Waals surface area contributed by atoms with Crippen molar-refractivity contribution in [1.29, 1.82) is 0 Å². The zero-order valence-electron chi connectivity index (χ0n) is 17.5. The van der Waals surface area contributed by atoms with E-state index >= 15 is 0 Å². The van der Waals surface area contributed by atoms with Crippen molar-refractivity contribution in [3.05, 3.63) is 35.9 Å². The number of morpholine rings is 1. The second-order valence-electron chi connectivity index (χ2n) is 8.18. The lowest BCUT2D eigenvalue weighted by Crippen LogP contribution is -2.50. The van der Waals surface area contributed by atoms with Crippen molar-refractivity contribution in [1.82, 2.24) is 15.1 Å². The van der Waals surface area contributed by atoms with Gasteiger partial charge in [0.25, 0.3) is 0 Å². The largest absolute Gasteiger partial charge is 0.381 e. The molecule has 7 heteroatoms. The summed E-state index contributed by atoms with van der Waals surface area (Å²) in [5.74, 6) is 1.83. The molecule has 3 fully saturated rings. The Hall–Kier alpha value is -0.900. The Kier molecular flexibility index (Phi) is 9.02. The minimum absolute atomic E-state index is 0. The molecule has 1 aromatic rings. The summed E-state index contributed by atoms with van der Waals surface area (Å²) in [6, 6.07) is 11.2. The lowest BCUT2D eigenvalue weighted by molar-refractivity contribution is -0.0502. The Morgan fingerprint density at radius 2 is 2.07 bits per heavy atom. The first-order valence-electron chi connectivity index (χ1n) is 10.8. The average Bonchev–Trinajstić information content (AvgIpc) is 3.44. The topological polar surface area (TPSA) is 49.3 Å². The molecule has 2 heterocycles. The van der Waals surface area contributed by atoms with Crippen molar-refractivity contribution in [3.63, 3.8) is 0 Å². The molecule has 2 aliphatic heterocycles. The molecule has 2 saturated heterocycles. The van der Waals surface area contributed by atoms with Crippen LogP contribution in [0.3, 0.4) is 0 Å². The smallest absolute Gasteiger partial charge is 0.193 e. The fourth-order valence-corrected chi connectivity index (χ4v) is 4.19. The van der Waals surface area contributed by atoms with Crippen molar-refractivity contribution < 1.29 is 9.47 Å². The van der Waals surface area contributed by atoms with Crippen LogP contribution in [0.4, 0.5) is 0 Å². The zero-order valence-corrected chi connectivity index (χ0v) is 19.8. The Bertz CT molecular complexity index is 641. The van der Waals surface area contributed by atoms with Gasteiger partial charge in [0.1, 0.15) is 0 Å². The molecule has 3 aliphatic rings. The van der Waals surface area contributed by atoms with Crippen LogP contribution >= 0.6 is 24.0 Å². The van der Waals surface area contributed by atoms with Crippen LogP contribution in [-0.2, 0) is 16.0 Å². The predicted octanol–water partition coefficient (Wildman–Crippen LogP) is 2.58. The van der Waals surface area contributed by atoms with Gasteiger partial charge in [-0.25, -0.2) is 0 Å². The molecule has 0 amide bonds. The Balaban J connectivity index is 0.00000240. The Morgan fingerprint density at radius 3 is 2.83 bits per heavy atom. The number of benzene rings is 1. The number of halogens is 1. The molecule has 1 aliphatic carbocycles. The molecule has 29 heavy (non-hydrogen) atoms. The molecule has 0 radical (unpaired) electrons. The van der Waals surface area contributed by atoms with Crippen molar-refractivity contribution >= 4 is 29.9 Å². The van der Waals surface area contributed by atoms with Gasteiger partial charge in [0, 0.05) is 53.0 Å². The van der Waals surface area contributed by atoms with E-state index in [9.17, 15) is 0 Å². The van der Waals surface area contributed by atoms with Crippen LogP contribution in [0.15, 0.2) is 35.3 Å². The highest BCUT2D eigenvalue weighted by molar-refractivity contribution is 14.0. The summed E-state index contributed by atoms with van der Waals surface area (Å²) in [7, 11) is 1.87. The van der Waals surface area contributed by atoms with Gasteiger partial charge >= 0.3 is 0 Å². The first kappa shape index (κ1) is 22.8. The van der Waals surface area contributed by atoms with Crippen molar-refractivity contribution in [2.75, 3.05) is 53.0 Å². The molecule has 1 N–H and O–H groups in total. The van der Waals surface area contributed by atoms with Gasteiger partial charge < -0.3 is 19.7 Å². The SMILES string of the molecule is CN=C(NCCCOCC1CC1)N1CC2OCCN(Cc3ccccc3)C2C1.I. The maximum atomic E-state index is 6.09. The van der Waals surface area contributed by atoms with Gasteiger partial charge in [0.15, 0.2) is 5.96 Å². The molecular weight excluding hydrogens is 479 g/mol. The number of nitrogens with zero attached hydrogens (tertiary/aromatic N) is 3. The molecule has 0 aromatic heterocycles. The Labute approximate surface area is 192 Å². The number of rotatable bonds is 8. The highest BCUT2D eigenvalue weighted by atomic mass is 127. The molecule has 162 valence electrons. The molecule has 2 atom stereocenters. The molecule has 1 saturated carbocycles. The molecule has 1 aromatic carbocycles. The van der Waals surface area contributed by atoms with Crippen LogP contribution in [0.25, 0.3) is 0 Å². The van der Waals surface area contributed by atoms with Gasteiger partial charge in [0.2, 0.25) is 0 Å².